The van der Waals surface area contributed by atoms with Gasteiger partial charge in [-0.1, -0.05) is 38.5 Å². The Morgan fingerprint density at radius 2 is 1.59 bits per heavy atom. The molecular weight excluding hydrogens is 627 g/mol. The minimum absolute atomic E-state index is 0.00567. The van der Waals surface area contributed by atoms with E-state index in [0.29, 0.717) is 0 Å². The van der Waals surface area contributed by atoms with E-state index in [0.717, 1.165) is 11.8 Å². The van der Waals surface area contributed by atoms with Crippen molar-refractivity contribution in [2.45, 2.75) is 94.4 Å². The average molecular weight is 670 g/mol. The molecule has 0 amide bonds. The highest BCUT2D eigenvalue weighted by Gasteiger charge is 2.75. The third-order valence-electron chi connectivity index (χ3n) is 9.20. The van der Waals surface area contributed by atoms with Crippen LogP contribution in [0.4, 0.5) is 0 Å². The van der Waals surface area contributed by atoms with E-state index in [-0.39, 0.29) is 35.3 Å². The van der Waals surface area contributed by atoms with Crippen LogP contribution in [0.5, 0.6) is 0 Å². The molecule has 0 N–H and O–H groups in total. The maximum Gasteiger partial charge on any atom is 0.323 e. The Labute approximate surface area is 261 Å². The van der Waals surface area contributed by atoms with Crippen molar-refractivity contribution in [3.05, 3.63) is 41.7 Å². The molecule has 1 aromatic rings. The van der Waals surface area contributed by atoms with E-state index >= 15 is 4.21 Å². The Kier molecular flexibility index (Phi) is 8.86. The summed E-state index contributed by atoms with van der Waals surface area (Å²) in [6, 6.07) is 6.46. The highest BCUT2D eigenvalue weighted by molar-refractivity contribution is 8.03. The Bertz CT molecular complexity index is 1600. The summed E-state index contributed by atoms with van der Waals surface area (Å²) < 4.78 is 68.3. The van der Waals surface area contributed by atoms with Gasteiger partial charge < -0.3 is 18.6 Å². The number of nitrogens with zero attached hydrogens (tertiary/aromatic N) is 1. The van der Waals surface area contributed by atoms with Gasteiger partial charge in [0.05, 0.1) is 40.6 Å². The first kappa shape index (κ1) is 34.3. The van der Waals surface area contributed by atoms with E-state index in [1.807, 2.05) is 40.8 Å². The van der Waals surface area contributed by atoms with Gasteiger partial charge in [-0.05, 0) is 63.5 Å². The van der Waals surface area contributed by atoms with Crippen molar-refractivity contribution in [3.63, 3.8) is 0 Å². The summed E-state index contributed by atoms with van der Waals surface area (Å²) in [5, 5.41) is -1.53. The number of hydrogen-bond donors (Lipinski definition) is 0. The van der Waals surface area contributed by atoms with Crippen molar-refractivity contribution in [2.75, 3.05) is 19.5 Å². The van der Waals surface area contributed by atoms with Crippen molar-refractivity contribution >= 4 is 45.8 Å². The van der Waals surface area contributed by atoms with Crippen LogP contribution < -0.4 is 0 Å². The van der Waals surface area contributed by atoms with Crippen LogP contribution in [-0.2, 0) is 52.8 Å². The first-order valence-electron chi connectivity index (χ1n) is 14.7. The zero-order valence-corrected chi connectivity index (χ0v) is 29.4. The third-order valence-corrected chi connectivity index (χ3v) is 17.8. The molecule has 2 fully saturated rings. The lowest BCUT2D eigenvalue weighted by atomic mass is 9.82. The monoisotopic (exact) mass is 669 g/mol. The topological polar surface area (TPSA) is 152 Å². The predicted octanol–water partition coefficient (Wildman–Crippen LogP) is 4.30. The molecule has 14 heteroatoms. The maximum absolute atomic E-state index is 15.2. The van der Waals surface area contributed by atoms with Gasteiger partial charge >= 0.3 is 11.9 Å². The van der Waals surface area contributed by atoms with Gasteiger partial charge in [0.15, 0.2) is 5.41 Å². The van der Waals surface area contributed by atoms with Crippen LogP contribution >= 0.6 is 0 Å². The first-order valence-corrected chi connectivity index (χ1v) is 21.0. The number of carbonyl (C=O) groups is 3. The number of fused-ring (bicyclic) bond motifs is 1. The molecular formula is C30H43NO10S2Si. The molecule has 11 nitrogen and oxygen atoms in total. The summed E-state index contributed by atoms with van der Waals surface area (Å²) in [5.41, 5.74) is -2.97. The number of benzene rings is 1. The molecule has 1 aromatic carbocycles. The minimum Gasteiger partial charge on any atom is -0.541 e. The van der Waals surface area contributed by atoms with Crippen molar-refractivity contribution in [1.82, 2.24) is 0 Å². The number of carbonyl (C=O) groups excluding carboxylic acids is 3. The van der Waals surface area contributed by atoms with Crippen molar-refractivity contribution in [3.8, 4) is 0 Å². The van der Waals surface area contributed by atoms with Gasteiger partial charge in [-0.3, -0.25) is 14.4 Å². The summed E-state index contributed by atoms with van der Waals surface area (Å²) in [4.78, 5) is 41.9. The summed E-state index contributed by atoms with van der Waals surface area (Å²) in [6.07, 6.45) is 0.496. The van der Waals surface area contributed by atoms with Gasteiger partial charge in [-0.15, -0.1) is 3.77 Å². The van der Waals surface area contributed by atoms with Gasteiger partial charge in [0.1, 0.15) is 11.4 Å². The number of hydrogen-bond acceptors (Lipinski definition) is 10. The minimum atomic E-state index is -4.21. The van der Waals surface area contributed by atoms with Crippen molar-refractivity contribution in [1.29, 1.82) is 0 Å². The first-order chi connectivity index (χ1) is 20.2. The Balaban J connectivity index is 2.03. The number of sulfonamides is 1. The summed E-state index contributed by atoms with van der Waals surface area (Å²) in [5.74, 6) is -3.46. The van der Waals surface area contributed by atoms with E-state index in [2.05, 4.69) is 3.77 Å². The van der Waals surface area contributed by atoms with Gasteiger partial charge in [0.25, 0.3) is 18.3 Å². The predicted molar refractivity (Wildman–Crippen MR) is 166 cm³/mol. The van der Waals surface area contributed by atoms with Crippen molar-refractivity contribution in [2.24, 2.45) is 15.1 Å². The molecule has 1 aliphatic carbocycles. The molecule has 1 spiro atoms. The fraction of sp³-hybridized carbons (Fsp3) is 0.633. The lowest BCUT2D eigenvalue weighted by molar-refractivity contribution is -0.174. The van der Waals surface area contributed by atoms with E-state index in [1.165, 1.54) is 6.08 Å². The van der Waals surface area contributed by atoms with Crippen LogP contribution in [0, 0.1) is 18.3 Å². The fourth-order valence-electron chi connectivity index (χ4n) is 6.14. The standard InChI is InChI=1S/C30H43NO10S2Si/c1-10-38-26(33)29(27(34)39-11-2)17-21-24(43(37,31-42(7,35)36)20-14-12-19(3)13-15-20)22-16-23(25(32)30(21,18-29)40-22)41-44(8,9)28(4,5)6/h12-16,21-22,24H,10-11,17-18H2,1-9H3/t21-,22-,24-,30-,43?/m0/s1. The zero-order valence-electron chi connectivity index (χ0n) is 26.8. The van der Waals surface area contributed by atoms with Crippen LogP contribution in [0.25, 0.3) is 0 Å². The smallest absolute Gasteiger partial charge is 0.323 e. The number of aryl methyl sites for hydroxylation is 1. The van der Waals surface area contributed by atoms with Crippen LogP contribution in [0.15, 0.2) is 44.8 Å². The molecule has 0 aromatic heterocycles. The SMILES string of the molecule is CCOC(=O)C1(C(=O)OCC)C[C@H]2[C@H](S(=O)(=NS(C)(=O)=O)c3ccc(C)cc3)[C@@H]3C=C(O[Si](C)(C)C(C)(C)C)C(=O)[C@@]2(C1)O3. The number of Topliss-reactive ketones (excluding diaryl/α,β-unsaturated/α-hetero) is 1. The quantitative estimate of drug-likeness (QED) is 0.211. The Morgan fingerprint density at radius 1 is 1.05 bits per heavy atom. The largest absolute Gasteiger partial charge is 0.541 e. The number of rotatable bonds is 9. The van der Waals surface area contributed by atoms with Gasteiger partial charge in [-0.25, -0.2) is 12.6 Å². The maximum atomic E-state index is 15.2. The van der Waals surface area contributed by atoms with Gasteiger partial charge in [0, 0.05) is 17.2 Å². The van der Waals surface area contributed by atoms with Crippen LogP contribution in [0.2, 0.25) is 18.1 Å². The second kappa shape index (κ2) is 11.4. The molecule has 1 unspecified atom stereocenters. The summed E-state index contributed by atoms with van der Waals surface area (Å²) in [6.45, 7) is 14.9. The Hall–Kier alpha value is -2.55. The highest BCUT2D eigenvalue weighted by atomic mass is 32.3. The molecule has 2 aliphatic heterocycles. The molecule has 44 heavy (non-hydrogen) atoms. The fourth-order valence-corrected chi connectivity index (χ4v) is 11.6. The van der Waals surface area contributed by atoms with Crippen LogP contribution in [0.3, 0.4) is 0 Å². The third kappa shape index (κ3) is 5.67. The van der Waals surface area contributed by atoms with E-state index in [4.69, 9.17) is 18.6 Å². The molecule has 2 heterocycles. The second-order valence-electron chi connectivity index (χ2n) is 13.4. The molecule has 2 bridgehead atoms. The van der Waals surface area contributed by atoms with Crippen LogP contribution in [0.1, 0.15) is 53.0 Å². The number of ketones is 1. The normalized spacial score (nSPS) is 27.5. The average Bonchev–Trinajstić information content (AvgIpc) is 3.35. The lowest BCUT2D eigenvalue weighted by Crippen LogP contribution is -2.50. The lowest BCUT2D eigenvalue weighted by Gasteiger charge is -2.40. The molecule has 4 rings (SSSR count). The molecule has 0 radical (unpaired) electrons. The number of ether oxygens (including phenoxy) is 3. The summed E-state index contributed by atoms with van der Waals surface area (Å²) >= 11 is 0. The molecule has 5 atom stereocenters. The van der Waals surface area contributed by atoms with Gasteiger partial charge in [-0.2, -0.15) is 0 Å². The van der Waals surface area contributed by atoms with Crippen LogP contribution in [-0.4, -0.2) is 75.1 Å². The molecule has 1 saturated heterocycles. The zero-order chi connectivity index (χ0) is 33.1. The van der Waals surface area contributed by atoms with E-state index in [9.17, 15) is 22.8 Å². The van der Waals surface area contributed by atoms with Crippen molar-refractivity contribution < 1.29 is 45.6 Å². The second-order valence-corrected chi connectivity index (χ2v) is 22.3. The highest BCUT2D eigenvalue weighted by Crippen LogP contribution is 2.62. The van der Waals surface area contributed by atoms with E-state index in [1.54, 1.807) is 38.1 Å². The molecule has 1 saturated carbocycles. The summed E-state index contributed by atoms with van der Waals surface area (Å²) in [7, 11) is -10.7. The Morgan fingerprint density at radius 3 is 2.07 bits per heavy atom. The molecule has 244 valence electrons. The van der Waals surface area contributed by atoms with E-state index < -0.39 is 80.5 Å². The van der Waals surface area contributed by atoms with Gasteiger partial charge in [0.2, 0.25) is 5.78 Å². The number of esters is 2. The molecule has 3 aliphatic rings.